The molecule has 0 aliphatic heterocycles. The number of nitrogens with zero attached hydrogens (tertiary/aromatic N) is 2. The number of hydrogen-bond acceptors (Lipinski definition) is 5. The van der Waals surface area contributed by atoms with Crippen molar-refractivity contribution in [2.24, 2.45) is 0 Å². The number of benzene rings is 1. The number of hydrogen-bond donors (Lipinski definition) is 1. The summed E-state index contributed by atoms with van der Waals surface area (Å²) in [5, 5.41) is 7.70. The van der Waals surface area contributed by atoms with Gasteiger partial charge in [-0.05, 0) is 19.1 Å². The van der Waals surface area contributed by atoms with Gasteiger partial charge in [0.2, 0.25) is 0 Å². The number of fused-ring (bicyclic) bond motifs is 1. The van der Waals surface area contributed by atoms with Crippen molar-refractivity contribution in [1.29, 1.82) is 0 Å². The zero-order chi connectivity index (χ0) is 15.0. The molecule has 2 heterocycles. The topological polar surface area (TPSA) is 78.0 Å². The summed E-state index contributed by atoms with van der Waals surface area (Å²) in [4.78, 5) is 24.0. The van der Waals surface area contributed by atoms with Crippen LogP contribution >= 0.6 is 11.3 Å². The van der Waals surface area contributed by atoms with Crippen LogP contribution in [-0.2, 0) is 11.2 Å². The van der Waals surface area contributed by atoms with Crippen molar-refractivity contribution in [3.63, 3.8) is 0 Å². The maximum atomic E-state index is 12.6. The van der Waals surface area contributed by atoms with Crippen LogP contribution in [0.1, 0.15) is 12.6 Å². The second-order valence-electron chi connectivity index (χ2n) is 4.77. The van der Waals surface area contributed by atoms with Crippen molar-refractivity contribution in [1.82, 2.24) is 9.78 Å². The van der Waals surface area contributed by atoms with Crippen molar-refractivity contribution in [3.8, 4) is 5.69 Å². The van der Waals surface area contributed by atoms with Crippen LogP contribution in [0, 0.1) is 0 Å². The van der Waals surface area contributed by atoms with Crippen molar-refractivity contribution in [2.75, 3.05) is 5.73 Å². The Kier molecular flexibility index (Phi) is 3.31. The van der Waals surface area contributed by atoms with Crippen molar-refractivity contribution < 1.29 is 4.79 Å². The Morgan fingerprint density at radius 3 is 2.71 bits per heavy atom. The van der Waals surface area contributed by atoms with Crippen LogP contribution in [0.5, 0.6) is 0 Å². The monoisotopic (exact) mass is 299 g/mol. The third-order valence-corrected chi connectivity index (χ3v) is 3.99. The van der Waals surface area contributed by atoms with Gasteiger partial charge in [-0.15, -0.1) is 11.3 Å². The number of aromatic nitrogens is 2. The van der Waals surface area contributed by atoms with Crippen LogP contribution in [0.3, 0.4) is 0 Å². The predicted molar refractivity (Wildman–Crippen MR) is 84.0 cm³/mol. The first-order chi connectivity index (χ1) is 10.1. The fourth-order valence-electron chi connectivity index (χ4n) is 2.24. The molecule has 5 nitrogen and oxygen atoms in total. The summed E-state index contributed by atoms with van der Waals surface area (Å²) in [7, 11) is 0. The Morgan fingerprint density at radius 2 is 2.05 bits per heavy atom. The average molecular weight is 299 g/mol. The molecule has 0 unspecified atom stereocenters. The van der Waals surface area contributed by atoms with Crippen LogP contribution < -0.4 is 11.3 Å². The van der Waals surface area contributed by atoms with Gasteiger partial charge < -0.3 is 5.73 Å². The SMILES string of the molecule is CC(=O)Cc1nn(-c2ccccc2)c(=O)c2c(N)scc12. The van der Waals surface area contributed by atoms with Crippen LogP contribution in [0.25, 0.3) is 16.5 Å². The molecule has 106 valence electrons. The van der Waals surface area contributed by atoms with E-state index in [1.807, 2.05) is 18.2 Å². The normalized spacial score (nSPS) is 10.9. The molecule has 0 fully saturated rings. The zero-order valence-electron chi connectivity index (χ0n) is 11.4. The summed E-state index contributed by atoms with van der Waals surface area (Å²) in [6.45, 7) is 1.50. The number of rotatable bonds is 3. The van der Waals surface area contributed by atoms with Crippen LogP contribution in [-0.4, -0.2) is 15.6 Å². The van der Waals surface area contributed by atoms with E-state index in [-0.39, 0.29) is 17.8 Å². The van der Waals surface area contributed by atoms with E-state index >= 15 is 0 Å². The lowest BCUT2D eigenvalue weighted by atomic mass is 10.1. The highest BCUT2D eigenvalue weighted by Crippen LogP contribution is 2.27. The lowest BCUT2D eigenvalue weighted by molar-refractivity contribution is -0.116. The third-order valence-electron chi connectivity index (χ3n) is 3.17. The van der Waals surface area contributed by atoms with Gasteiger partial charge in [0, 0.05) is 10.8 Å². The molecule has 0 amide bonds. The van der Waals surface area contributed by atoms with E-state index < -0.39 is 0 Å². The Bertz CT molecular complexity index is 881. The lowest BCUT2D eigenvalue weighted by Gasteiger charge is -2.08. The van der Waals surface area contributed by atoms with E-state index in [4.69, 9.17) is 5.73 Å². The Morgan fingerprint density at radius 1 is 1.33 bits per heavy atom. The maximum Gasteiger partial charge on any atom is 0.282 e. The molecule has 0 aliphatic carbocycles. The Hall–Kier alpha value is -2.47. The number of thiophene rings is 1. The van der Waals surface area contributed by atoms with E-state index in [0.717, 1.165) is 0 Å². The molecular formula is C15H13N3O2S. The van der Waals surface area contributed by atoms with Gasteiger partial charge in [-0.25, -0.2) is 0 Å². The quantitative estimate of drug-likeness (QED) is 0.804. The summed E-state index contributed by atoms with van der Waals surface area (Å²) < 4.78 is 1.31. The Balaban J connectivity index is 2.35. The second-order valence-corrected chi connectivity index (χ2v) is 5.68. The van der Waals surface area contributed by atoms with Gasteiger partial charge in [0.1, 0.15) is 5.78 Å². The molecule has 3 rings (SSSR count). The molecule has 2 N–H and O–H groups in total. The van der Waals surface area contributed by atoms with Gasteiger partial charge in [-0.1, -0.05) is 18.2 Å². The fraction of sp³-hybridized carbons (Fsp3) is 0.133. The fourth-order valence-corrected chi connectivity index (χ4v) is 3.06. The summed E-state index contributed by atoms with van der Waals surface area (Å²) in [6, 6.07) is 9.10. The number of para-hydroxylation sites is 1. The standard InChI is InChI=1S/C15H13N3O2S/c1-9(19)7-12-11-8-21-14(16)13(11)15(20)18(17-12)10-5-3-2-4-6-10/h2-6,8H,7,16H2,1H3. The molecule has 0 saturated carbocycles. The van der Waals surface area contributed by atoms with Crippen molar-refractivity contribution in [2.45, 2.75) is 13.3 Å². The van der Waals surface area contributed by atoms with Gasteiger partial charge in [-0.3, -0.25) is 9.59 Å². The van der Waals surface area contributed by atoms with Crippen molar-refractivity contribution >= 4 is 32.9 Å². The van der Waals surface area contributed by atoms with Gasteiger partial charge in [0.25, 0.3) is 5.56 Å². The third kappa shape index (κ3) is 2.34. The number of nitrogen functional groups attached to an aromatic ring is 1. The van der Waals surface area contributed by atoms with Crippen molar-refractivity contribution in [3.05, 3.63) is 51.8 Å². The van der Waals surface area contributed by atoms with E-state index in [0.29, 0.717) is 27.2 Å². The van der Waals surface area contributed by atoms with E-state index in [1.165, 1.54) is 22.9 Å². The molecule has 0 saturated heterocycles. The first-order valence-electron chi connectivity index (χ1n) is 6.41. The largest absolute Gasteiger partial charge is 0.390 e. The average Bonchev–Trinajstić information content (AvgIpc) is 2.85. The van der Waals surface area contributed by atoms with E-state index in [1.54, 1.807) is 17.5 Å². The molecule has 0 radical (unpaired) electrons. The number of carbonyl (C=O) groups is 1. The van der Waals surface area contributed by atoms with Gasteiger partial charge >= 0.3 is 0 Å². The number of ketones is 1. The molecule has 0 aliphatic rings. The molecule has 1 aromatic carbocycles. The summed E-state index contributed by atoms with van der Waals surface area (Å²) in [5.74, 6) is -0.00756. The molecule has 2 aromatic heterocycles. The molecule has 6 heteroatoms. The molecule has 0 spiro atoms. The molecule has 0 atom stereocenters. The summed E-state index contributed by atoms with van der Waals surface area (Å²) in [5.41, 5.74) is 6.88. The Labute approximate surface area is 124 Å². The number of carbonyl (C=O) groups excluding carboxylic acids is 1. The van der Waals surface area contributed by atoms with Gasteiger partial charge in [0.05, 0.1) is 28.2 Å². The minimum absolute atomic E-state index is 0.00756. The first kappa shape index (κ1) is 13.5. The molecule has 0 bridgehead atoms. The highest BCUT2D eigenvalue weighted by molar-refractivity contribution is 7.15. The maximum absolute atomic E-state index is 12.6. The van der Waals surface area contributed by atoms with E-state index in [2.05, 4.69) is 5.10 Å². The minimum atomic E-state index is -0.262. The predicted octanol–water partition coefficient (Wildman–Crippen LogP) is 2.16. The molecule has 21 heavy (non-hydrogen) atoms. The highest BCUT2D eigenvalue weighted by Gasteiger charge is 2.16. The van der Waals surface area contributed by atoms with Crippen LogP contribution in [0.2, 0.25) is 0 Å². The van der Waals surface area contributed by atoms with Crippen LogP contribution in [0.4, 0.5) is 5.00 Å². The summed E-state index contributed by atoms with van der Waals surface area (Å²) in [6.07, 6.45) is 0.180. The van der Waals surface area contributed by atoms with Gasteiger partial charge in [-0.2, -0.15) is 9.78 Å². The minimum Gasteiger partial charge on any atom is -0.390 e. The smallest absolute Gasteiger partial charge is 0.282 e. The molecule has 3 aromatic rings. The number of anilines is 1. The zero-order valence-corrected chi connectivity index (χ0v) is 12.2. The highest BCUT2D eigenvalue weighted by atomic mass is 32.1. The lowest BCUT2D eigenvalue weighted by Crippen LogP contribution is -2.23. The molecular weight excluding hydrogens is 286 g/mol. The van der Waals surface area contributed by atoms with Gasteiger partial charge in [0.15, 0.2) is 0 Å². The summed E-state index contributed by atoms with van der Waals surface area (Å²) >= 11 is 1.29. The van der Waals surface area contributed by atoms with E-state index in [9.17, 15) is 9.59 Å². The number of nitrogens with two attached hydrogens (primary N) is 1. The first-order valence-corrected chi connectivity index (χ1v) is 7.29. The van der Waals surface area contributed by atoms with Crippen LogP contribution in [0.15, 0.2) is 40.5 Å². The second kappa shape index (κ2) is 5.14. The number of Topliss-reactive ketones (excluding diaryl/α,β-unsaturated/α-hetero) is 1.